The van der Waals surface area contributed by atoms with Crippen molar-refractivity contribution in [2.24, 2.45) is 0 Å². The summed E-state index contributed by atoms with van der Waals surface area (Å²) in [4.78, 5) is 0. The third-order valence-electron chi connectivity index (χ3n) is 3.33. The van der Waals surface area contributed by atoms with Gasteiger partial charge in [-0.15, -0.1) is 6.58 Å². The van der Waals surface area contributed by atoms with Crippen molar-refractivity contribution in [3.8, 4) is 0 Å². The number of hydrogen-bond donors (Lipinski definition) is 1. The number of rotatable bonds is 8. The van der Waals surface area contributed by atoms with E-state index in [1.165, 1.54) is 0 Å². The van der Waals surface area contributed by atoms with Gasteiger partial charge in [-0.1, -0.05) is 49.6 Å². The standard InChI is InChI=1S/C16H23ClO2/c1-4-7-12-16(5-2,19-6-3)15(18)13-8-10-14(17)11-9-13/h5,8-11,15,18H,2,4,6-7,12H2,1,3H3/t15-,16+/m0/s1. The molecule has 1 aromatic rings. The minimum Gasteiger partial charge on any atom is -0.385 e. The number of ether oxygens (including phenoxy) is 1. The van der Waals surface area contributed by atoms with Gasteiger partial charge in [-0.05, 0) is 31.0 Å². The molecule has 19 heavy (non-hydrogen) atoms. The molecule has 1 rings (SSSR count). The Balaban J connectivity index is 3.00. The minimum absolute atomic E-state index is 0.542. The van der Waals surface area contributed by atoms with Crippen LogP contribution in [0.3, 0.4) is 0 Å². The molecule has 0 spiro atoms. The number of aliphatic hydroxyl groups excluding tert-OH is 1. The second-order valence-corrected chi connectivity index (χ2v) is 5.09. The van der Waals surface area contributed by atoms with Gasteiger partial charge in [-0.25, -0.2) is 0 Å². The van der Waals surface area contributed by atoms with Crippen LogP contribution in [0.1, 0.15) is 44.8 Å². The second kappa shape index (κ2) is 7.68. The van der Waals surface area contributed by atoms with Crippen LogP contribution >= 0.6 is 11.6 Å². The maximum Gasteiger partial charge on any atom is 0.116 e. The van der Waals surface area contributed by atoms with E-state index in [1.54, 1.807) is 18.2 Å². The van der Waals surface area contributed by atoms with Gasteiger partial charge in [0.1, 0.15) is 11.7 Å². The van der Waals surface area contributed by atoms with Gasteiger partial charge in [-0.2, -0.15) is 0 Å². The Morgan fingerprint density at radius 2 is 2.00 bits per heavy atom. The number of halogens is 1. The topological polar surface area (TPSA) is 29.5 Å². The molecule has 0 amide bonds. The van der Waals surface area contributed by atoms with Crippen LogP contribution in [0.4, 0.5) is 0 Å². The summed E-state index contributed by atoms with van der Waals surface area (Å²) < 4.78 is 5.83. The van der Waals surface area contributed by atoms with Crippen LogP contribution in [0, 0.1) is 0 Å². The average molecular weight is 283 g/mol. The highest BCUT2D eigenvalue weighted by Gasteiger charge is 2.36. The summed E-state index contributed by atoms with van der Waals surface area (Å²) in [7, 11) is 0. The fourth-order valence-corrected chi connectivity index (χ4v) is 2.34. The summed E-state index contributed by atoms with van der Waals surface area (Å²) in [6, 6.07) is 7.21. The second-order valence-electron chi connectivity index (χ2n) is 4.65. The van der Waals surface area contributed by atoms with E-state index in [0.29, 0.717) is 11.6 Å². The first kappa shape index (κ1) is 16.2. The van der Waals surface area contributed by atoms with Gasteiger partial charge in [-0.3, -0.25) is 0 Å². The van der Waals surface area contributed by atoms with Crippen molar-refractivity contribution in [2.75, 3.05) is 6.61 Å². The number of aliphatic hydroxyl groups is 1. The van der Waals surface area contributed by atoms with E-state index in [2.05, 4.69) is 13.5 Å². The van der Waals surface area contributed by atoms with E-state index >= 15 is 0 Å². The molecule has 0 unspecified atom stereocenters. The highest BCUT2D eigenvalue weighted by Crippen LogP contribution is 2.35. The third kappa shape index (κ3) is 4.07. The summed E-state index contributed by atoms with van der Waals surface area (Å²) in [5.41, 5.74) is 0.0762. The Labute approximate surface area is 121 Å². The lowest BCUT2D eigenvalue weighted by Gasteiger charge is -2.35. The molecule has 0 radical (unpaired) electrons. The Bertz CT molecular complexity index is 388. The quantitative estimate of drug-likeness (QED) is 0.710. The zero-order valence-electron chi connectivity index (χ0n) is 11.7. The van der Waals surface area contributed by atoms with Crippen molar-refractivity contribution in [3.05, 3.63) is 47.5 Å². The van der Waals surface area contributed by atoms with Gasteiger partial charge in [0.15, 0.2) is 0 Å². The third-order valence-corrected chi connectivity index (χ3v) is 3.58. The molecule has 0 aliphatic rings. The zero-order chi connectivity index (χ0) is 14.3. The molecule has 0 fully saturated rings. The lowest BCUT2D eigenvalue weighted by atomic mass is 9.86. The molecular weight excluding hydrogens is 260 g/mol. The van der Waals surface area contributed by atoms with Crippen LogP contribution in [0.15, 0.2) is 36.9 Å². The molecular formula is C16H23ClO2. The molecule has 1 N–H and O–H groups in total. The van der Waals surface area contributed by atoms with Crippen LogP contribution < -0.4 is 0 Å². The first-order chi connectivity index (χ1) is 9.09. The Hall–Kier alpha value is -0.830. The molecule has 106 valence electrons. The lowest BCUT2D eigenvalue weighted by molar-refractivity contribution is -0.0956. The zero-order valence-corrected chi connectivity index (χ0v) is 12.5. The normalized spacial score (nSPS) is 15.8. The Morgan fingerprint density at radius 3 is 2.47 bits per heavy atom. The summed E-state index contributed by atoms with van der Waals surface area (Å²) in [6.07, 6.45) is 3.79. The van der Waals surface area contributed by atoms with E-state index in [9.17, 15) is 5.11 Å². The van der Waals surface area contributed by atoms with Crippen molar-refractivity contribution in [1.29, 1.82) is 0 Å². The first-order valence-corrected chi connectivity index (χ1v) is 7.18. The van der Waals surface area contributed by atoms with E-state index in [4.69, 9.17) is 16.3 Å². The van der Waals surface area contributed by atoms with E-state index in [0.717, 1.165) is 24.8 Å². The Morgan fingerprint density at radius 1 is 1.37 bits per heavy atom. The van der Waals surface area contributed by atoms with E-state index < -0.39 is 11.7 Å². The lowest BCUT2D eigenvalue weighted by Crippen LogP contribution is -2.37. The van der Waals surface area contributed by atoms with Crippen molar-refractivity contribution < 1.29 is 9.84 Å². The van der Waals surface area contributed by atoms with Gasteiger partial charge in [0.25, 0.3) is 0 Å². The van der Waals surface area contributed by atoms with Gasteiger partial charge in [0, 0.05) is 11.6 Å². The Kier molecular flexibility index (Phi) is 6.56. The predicted octanol–water partition coefficient (Wildman–Crippen LogP) is 4.52. The van der Waals surface area contributed by atoms with Gasteiger partial charge < -0.3 is 9.84 Å². The van der Waals surface area contributed by atoms with Crippen LogP contribution in [0.25, 0.3) is 0 Å². The number of unbranched alkanes of at least 4 members (excludes halogenated alkanes) is 1. The minimum atomic E-state index is -0.728. The molecule has 0 heterocycles. The van der Waals surface area contributed by atoms with Crippen molar-refractivity contribution in [2.45, 2.75) is 44.8 Å². The molecule has 2 nitrogen and oxygen atoms in total. The van der Waals surface area contributed by atoms with Crippen molar-refractivity contribution in [3.63, 3.8) is 0 Å². The number of hydrogen-bond acceptors (Lipinski definition) is 2. The smallest absolute Gasteiger partial charge is 0.116 e. The molecule has 0 bridgehead atoms. The summed E-state index contributed by atoms with van der Waals surface area (Å²) >= 11 is 5.88. The summed E-state index contributed by atoms with van der Waals surface area (Å²) in [5, 5.41) is 11.3. The SMILES string of the molecule is C=C[C@](CCCC)(OCC)[C@@H](O)c1ccc(Cl)cc1. The summed E-state index contributed by atoms with van der Waals surface area (Å²) in [6.45, 7) is 8.45. The largest absolute Gasteiger partial charge is 0.385 e. The fourth-order valence-electron chi connectivity index (χ4n) is 2.21. The van der Waals surface area contributed by atoms with Crippen LogP contribution in [-0.4, -0.2) is 17.3 Å². The van der Waals surface area contributed by atoms with Gasteiger partial charge in [0.05, 0.1) is 0 Å². The fraction of sp³-hybridized carbons (Fsp3) is 0.500. The van der Waals surface area contributed by atoms with Gasteiger partial charge in [0.2, 0.25) is 0 Å². The number of benzene rings is 1. The first-order valence-electron chi connectivity index (χ1n) is 6.80. The molecule has 3 heteroatoms. The highest BCUT2D eigenvalue weighted by molar-refractivity contribution is 6.30. The van der Waals surface area contributed by atoms with Gasteiger partial charge >= 0.3 is 0 Å². The van der Waals surface area contributed by atoms with Crippen LogP contribution in [-0.2, 0) is 4.74 Å². The summed E-state index contributed by atoms with van der Waals surface area (Å²) in [5.74, 6) is 0. The molecule has 1 aromatic carbocycles. The molecule has 0 aliphatic heterocycles. The van der Waals surface area contributed by atoms with Crippen LogP contribution in [0.2, 0.25) is 5.02 Å². The maximum atomic E-state index is 10.6. The monoisotopic (exact) mass is 282 g/mol. The van der Waals surface area contributed by atoms with Crippen molar-refractivity contribution in [1.82, 2.24) is 0 Å². The van der Waals surface area contributed by atoms with Crippen molar-refractivity contribution >= 4 is 11.6 Å². The molecule has 0 saturated heterocycles. The maximum absolute atomic E-state index is 10.6. The molecule has 2 atom stereocenters. The molecule has 0 aromatic heterocycles. The average Bonchev–Trinajstić information content (AvgIpc) is 2.43. The molecule has 0 aliphatic carbocycles. The predicted molar refractivity (Wildman–Crippen MR) is 80.5 cm³/mol. The van der Waals surface area contributed by atoms with Crippen LogP contribution in [0.5, 0.6) is 0 Å². The van der Waals surface area contributed by atoms with E-state index in [-0.39, 0.29) is 0 Å². The molecule has 0 saturated carbocycles. The highest BCUT2D eigenvalue weighted by atomic mass is 35.5. The van der Waals surface area contributed by atoms with E-state index in [1.807, 2.05) is 19.1 Å².